The Morgan fingerprint density at radius 3 is 2.47 bits per heavy atom. The molecule has 1 aliphatic rings. The van der Waals surface area contributed by atoms with E-state index >= 15 is 0 Å². The highest BCUT2D eigenvalue weighted by molar-refractivity contribution is 5.44. The predicted molar refractivity (Wildman–Crippen MR) is 71.4 cm³/mol. The molecule has 5 heteroatoms. The summed E-state index contributed by atoms with van der Waals surface area (Å²) in [5, 5.41) is 11.1. The highest BCUT2D eigenvalue weighted by Crippen LogP contribution is 2.36. The van der Waals surface area contributed by atoms with Crippen LogP contribution in [0.5, 0.6) is 11.5 Å². The summed E-state index contributed by atoms with van der Waals surface area (Å²) in [5.41, 5.74) is 0.920. The molecule has 0 amide bonds. The molecule has 0 aliphatic heterocycles. The van der Waals surface area contributed by atoms with Crippen LogP contribution in [0.25, 0.3) is 0 Å². The first-order chi connectivity index (χ1) is 9.17. The molecule has 0 bridgehead atoms. The van der Waals surface area contributed by atoms with Crippen molar-refractivity contribution in [2.75, 3.05) is 14.2 Å². The smallest absolute Gasteiger partial charge is 0.223 e. The van der Waals surface area contributed by atoms with Gasteiger partial charge in [-0.15, -0.1) is 0 Å². The second-order valence-corrected chi connectivity index (χ2v) is 4.52. The standard InChI is InChI=1S/C14H17NO4/c1-18-13-8-7-10(9-14(13)19-2)11-5-3-4-6-12(11)15(16)17/h3-4,7-9,11-12H,5-6H2,1-2H3/t11-,12-/m1/s1. The van der Waals surface area contributed by atoms with Crippen molar-refractivity contribution in [3.8, 4) is 11.5 Å². The maximum Gasteiger partial charge on any atom is 0.223 e. The minimum absolute atomic E-state index is 0.111. The molecular weight excluding hydrogens is 246 g/mol. The van der Waals surface area contributed by atoms with Crippen molar-refractivity contribution < 1.29 is 14.4 Å². The SMILES string of the molecule is COc1ccc([C@H]2CC=CC[C@H]2[N+](=O)[O-])cc1OC. The molecule has 0 saturated heterocycles. The second kappa shape index (κ2) is 5.73. The normalized spacial score (nSPS) is 22.0. The summed E-state index contributed by atoms with van der Waals surface area (Å²) < 4.78 is 10.4. The van der Waals surface area contributed by atoms with Gasteiger partial charge >= 0.3 is 0 Å². The van der Waals surface area contributed by atoms with E-state index in [4.69, 9.17) is 9.47 Å². The van der Waals surface area contributed by atoms with Crippen LogP contribution in [0.3, 0.4) is 0 Å². The van der Waals surface area contributed by atoms with E-state index in [0.717, 1.165) is 5.56 Å². The quantitative estimate of drug-likeness (QED) is 0.476. The van der Waals surface area contributed by atoms with Crippen LogP contribution in [0.4, 0.5) is 0 Å². The molecule has 1 aromatic carbocycles. The first kappa shape index (κ1) is 13.4. The molecule has 0 spiro atoms. The highest BCUT2D eigenvalue weighted by atomic mass is 16.6. The maximum atomic E-state index is 11.1. The van der Waals surface area contributed by atoms with Crippen molar-refractivity contribution in [1.82, 2.24) is 0 Å². The fourth-order valence-corrected chi connectivity index (χ4v) is 2.47. The lowest BCUT2D eigenvalue weighted by Gasteiger charge is -2.23. The van der Waals surface area contributed by atoms with Gasteiger partial charge in [-0.05, 0) is 24.1 Å². The Balaban J connectivity index is 2.34. The van der Waals surface area contributed by atoms with E-state index in [1.165, 1.54) is 0 Å². The summed E-state index contributed by atoms with van der Waals surface area (Å²) >= 11 is 0. The number of ether oxygens (including phenoxy) is 2. The summed E-state index contributed by atoms with van der Waals surface area (Å²) in [6, 6.07) is 4.94. The van der Waals surface area contributed by atoms with Crippen molar-refractivity contribution in [3.05, 3.63) is 46.0 Å². The highest BCUT2D eigenvalue weighted by Gasteiger charge is 2.33. The second-order valence-electron chi connectivity index (χ2n) is 4.52. The Morgan fingerprint density at radius 2 is 1.84 bits per heavy atom. The zero-order valence-corrected chi connectivity index (χ0v) is 11.0. The van der Waals surface area contributed by atoms with Gasteiger partial charge in [0.2, 0.25) is 6.04 Å². The van der Waals surface area contributed by atoms with Crippen LogP contribution in [0.1, 0.15) is 24.3 Å². The molecule has 0 unspecified atom stereocenters. The molecule has 0 radical (unpaired) electrons. The van der Waals surface area contributed by atoms with Crippen LogP contribution < -0.4 is 9.47 Å². The lowest BCUT2D eigenvalue weighted by molar-refractivity contribution is -0.526. The van der Waals surface area contributed by atoms with Gasteiger partial charge in [0, 0.05) is 11.3 Å². The Hall–Kier alpha value is -2.04. The number of benzene rings is 1. The van der Waals surface area contributed by atoms with Crippen molar-refractivity contribution in [1.29, 1.82) is 0 Å². The van der Waals surface area contributed by atoms with Gasteiger partial charge < -0.3 is 9.47 Å². The predicted octanol–water partition coefficient (Wildman–Crippen LogP) is 2.78. The third-order valence-electron chi connectivity index (χ3n) is 3.51. The fraction of sp³-hybridized carbons (Fsp3) is 0.429. The summed E-state index contributed by atoms with van der Waals surface area (Å²) in [5.74, 6) is 1.13. The molecule has 2 rings (SSSR count). The lowest BCUT2D eigenvalue weighted by Crippen LogP contribution is -2.28. The molecule has 5 nitrogen and oxygen atoms in total. The van der Waals surface area contributed by atoms with Crippen molar-refractivity contribution in [2.45, 2.75) is 24.8 Å². The molecule has 2 atom stereocenters. The van der Waals surface area contributed by atoms with Crippen LogP contribution in [0.15, 0.2) is 30.4 Å². The number of hydrogen-bond donors (Lipinski definition) is 0. The Bertz CT molecular complexity index is 498. The van der Waals surface area contributed by atoms with E-state index in [0.29, 0.717) is 24.3 Å². The van der Waals surface area contributed by atoms with E-state index in [1.807, 2.05) is 24.3 Å². The zero-order valence-electron chi connectivity index (χ0n) is 11.0. The van der Waals surface area contributed by atoms with Crippen molar-refractivity contribution in [2.24, 2.45) is 0 Å². The number of hydrogen-bond acceptors (Lipinski definition) is 4. The summed E-state index contributed by atoms with van der Waals surface area (Å²) in [6.07, 6.45) is 5.04. The first-order valence-electron chi connectivity index (χ1n) is 6.17. The van der Waals surface area contributed by atoms with E-state index in [9.17, 15) is 10.1 Å². The average molecular weight is 263 g/mol. The Morgan fingerprint density at radius 1 is 1.16 bits per heavy atom. The van der Waals surface area contributed by atoms with Gasteiger partial charge in [-0.2, -0.15) is 0 Å². The largest absolute Gasteiger partial charge is 0.493 e. The minimum atomic E-state index is -0.567. The van der Waals surface area contributed by atoms with E-state index in [1.54, 1.807) is 20.3 Å². The maximum absolute atomic E-state index is 11.1. The third kappa shape index (κ3) is 2.70. The Kier molecular flexibility index (Phi) is 4.04. The van der Waals surface area contributed by atoms with Gasteiger partial charge in [0.05, 0.1) is 20.1 Å². The number of rotatable bonds is 4. The van der Waals surface area contributed by atoms with Crippen LogP contribution >= 0.6 is 0 Å². The van der Waals surface area contributed by atoms with Gasteiger partial charge in [0.15, 0.2) is 11.5 Å². The first-order valence-corrected chi connectivity index (χ1v) is 6.17. The molecular formula is C14H17NO4. The van der Waals surface area contributed by atoms with Gasteiger partial charge in [-0.25, -0.2) is 0 Å². The van der Waals surface area contributed by atoms with E-state index in [-0.39, 0.29) is 10.8 Å². The van der Waals surface area contributed by atoms with Crippen LogP contribution in [0.2, 0.25) is 0 Å². The molecule has 1 aliphatic carbocycles. The zero-order chi connectivity index (χ0) is 13.8. The fourth-order valence-electron chi connectivity index (χ4n) is 2.47. The third-order valence-corrected chi connectivity index (χ3v) is 3.51. The molecule has 19 heavy (non-hydrogen) atoms. The number of allylic oxidation sites excluding steroid dienone is 1. The Labute approximate surface area is 112 Å². The number of nitrogens with zero attached hydrogens (tertiary/aromatic N) is 1. The monoisotopic (exact) mass is 263 g/mol. The van der Waals surface area contributed by atoms with E-state index in [2.05, 4.69) is 0 Å². The molecule has 1 aromatic rings. The van der Waals surface area contributed by atoms with E-state index < -0.39 is 6.04 Å². The average Bonchev–Trinajstić information content (AvgIpc) is 2.46. The molecule has 0 saturated carbocycles. The van der Waals surface area contributed by atoms with Gasteiger partial charge in [0.1, 0.15) is 0 Å². The van der Waals surface area contributed by atoms with Crippen molar-refractivity contribution >= 4 is 0 Å². The summed E-state index contributed by atoms with van der Waals surface area (Å²) in [4.78, 5) is 10.9. The number of nitro groups is 1. The van der Waals surface area contributed by atoms with Gasteiger partial charge in [-0.3, -0.25) is 10.1 Å². The molecule has 0 heterocycles. The molecule has 0 N–H and O–H groups in total. The molecule has 102 valence electrons. The van der Waals surface area contributed by atoms with Crippen LogP contribution in [-0.2, 0) is 0 Å². The van der Waals surface area contributed by atoms with Gasteiger partial charge in [-0.1, -0.05) is 18.2 Å². The number of methoxy groups -OCH3 is 2. The lowest BCUT2D eigenvalue weighted by atomic mass is 9.83. The molecule has 0 fully saturated rings. The van der Waals surface area contributed by atoms with Gasteiger partial charge in [0.25, 0.3) is 0 Å². The van der Waals surface area contributed by atoms with Crippen LogP contribution in [0, 0.1) is 10.1 Å². The summed E-state index contributed by atoms with van der Waals surface area (Å²) in [6.45, 7) is 0. The molecule has 0 aromatic heterocycles. The van der Waals surface area contributed by atoms with Crippen LogP contribution in [-0.4, -0.2) is 25.2 Å². The van der Waals surface area contributed by atoms with Crippen molar-refractivity contribution in [3.63, 3.8) is 0 Å². The summed E-state index contributed by atoms with van der Waals surface area (Å²) in [7, 11) is 3.13. The minimum Gasteiger partial charge on any atom is -0.493 e. The topological polar surface area (TPSA) is 61.6 Å².